The minimum absolute atomic E-state index is 0.0388. The summed E-state index contributed by atoms with van der Waals surface area (Å²) in [7, 11) is -3.39. The van der Waals surface area contributed by atoms with Crippen LogP contribution in [0.5, 0.6) is 11.5 Å². The van der Waals surface area contributed by atoms with E-state index in [0.29, 0.717) is 44.2 Å². The highest BCUT2D eigenvalue weighted by atomic mass is 32.2. The highest BCUT2D eigenvalue weighted by molar-refractivity contribution is 7.90. The number of aryl methyl sites for hydroxylation is 1. The van der Waals surface area contributed by atoms with Crippen molar-refractivity contribution in [1.82, 2.24) is 9.88 Å². The second-order valence-corrected chi connectivity index (χ2v) is 11.4. The van der Waals surface area contributed by atoms with Gasteiger partial charge in [0.2, 0.25) is 5.91 Å². The lowest BCUT2D eigenvalue weighted by molar-refractivity contribution is -0.138. The van der Waals surface area contributed by atoms with Gasteiger partial charge >= 0.3 is 0 Å². The third kappa shape index (κ3) is 5.08. The van der Waals surface area contributed by atoms with Crippen LogP contribution in [0.4, 0.5) is 11.4 Å². The van der Waals surface area contributed by atoms with Crippen LogP contribution < -0.4 is 14.4 Å². The van der Waals surface area contributed by atoms with E-state index in [1.54, 1.807) is 13.1 Å². The number of sulfone groups is 1. The molecule has 0 saturated carbocycles. The number of pyridine rings is 1. The van der Waals surface area contributed by atoms with Crippen LogP contribution in [0.15, 0.2) is 35.5 Å². The molecule has 0 aliphatic carbocycles. The van der Waals surface area contributed by atoms with Crippen LogP contribution in [-0.4, -0.2) is 76.0 Å². The fourth-order valence-corrected chi connectivity index (χ4v) is 5.92. The molecule has 0 bridgehead atoms. The fourth-order valence-electron chi connectivity index (χ4n) is 5.03. The Morgan fingerprint density at radius 1 is 1.17 bits per heavy atom. The quantitative estimate of drug-likeness (QED) is 0.617. The topological polar surface area (TPSA) is 98.3 Å². The molecule has 2 fully saturated rings. The predicted octanol–water partition coefficient (Wildman–Crippen LogP) is 2.73. The highest BCUT2D eigenvalue weighted by Crippen LogP contribution is 2.40. The lowest BCUT2D eigenvalue weighted by Crippen LogP contribution is -2.39. The Balaban J connectivity index is 1.31. The molecule has 1 aromatic carbocycles. The molecule has 0 spiro atoms. The van der Waals surface area contributed by atoms with Crippen LogP contribution in [0.25, 0.3) is 0 Å². The van der Waals surface area contributed by atoms with Crippen molar-refractivity contribution in [3.63, 3.8) is 0 Å². The number of likely N-dealkylation sites (tertiary alicyclic amines) is 1. The Morgan fingerprint density at radius 2 is 2.03 bits per heavy atom. The molecule has 2 atom stereocenters. The van der Waals surface area contributed by atoms with E-state index in [0.717, 1.165) is 49.2 Å². The summed E-state index contributed by atoms with van der Waals surface area (Å²) in [5.41, 5.74) is 2.24. The first-order valence-corrected chi connectivity index (χ1v) is 13.9. The number of ether oxygens (including phenoxy) is 3. The molecule has 35 heavy (non-hydrogen) atoms. The Labute approximate surface area is 205 Å². The number of benzene rings is 1. The number of hydrogen-bond acceptors (Lipinski definition) is 8. The van der Waals surface area contributed by atoms with E-state index in [1.807, 2.05) is 29.2 Å². The number of aromatic nitrogens is 1. The van der Waals surface area contributed by atoms with Crippen LogP contribution in [0.2, 0.25) is 0 Å². The number of carbonyl (C=O) groups excluding carboxylic acids is 1. The largest absolute Gasteiger partial charge is 0.490 e. The molecule has 3 aliphatic heterocycles. The summed E-state index contributed by atoms with van der Waals surface area (Å²) in [4.78, 5) is 21.0. The maximum atomic E-state index is 12.8. The van der Waals surface area contributed by atoms with Gasteiger partial charge in [-0.05, 0) is 43.5 Å². The predicted molar refractivity (Wildman–Crippen MR) is 130 cm³/mol. The summed E-state index contributed by atoms with van der Waals surface area (Å²) in [5, 5.41) is 0.0898. The lowest BCUT2D eigenvalue weighted by Gasteiger charge is -2.32. The maximum Gasteiger partial charge on any atom is 0.228 e. The maximum absolute atomic E-state index is 12.8. The molecule has 1 amide bonds. The first kappa shape index (κ1) is 23.9. The summed E-state index contributed by atoms with van der Waals surface area (Å²) < 4.78 is 41.5. The monoisotopic (exact) mass is 501 g/mol. The Morgan fingerprint density at radius 3 is 2.77 bits per heavy atom. The van der Waals surface area contributed by atoms with E-state index in [-0.39, 0.29) is 23.0 Å². The minimum atomic E-state index is -3.39. The van der Waals surface area contributed by atoms with E-state index in [1.165, 1.54) is 0 Å². The molecule has 4 heterocycles. The third-order valence-corrected chi connectivity index (χ3v) is 7.87. The number of nitrogens with zero attached hydrogens (tertiary/aromatic N) is 3. The molecular weight excluding hydrogens is 470 g/mol. The van der Waals surface area contributed by atoms with E-state index in [2.05, 4.69) is 9.88 Å². The van der Waals surface area contributed by atoms with E-state index in [9.17, 15) is 13.2 Å². The molecule has 1 aromatic heterocycles. The van der Waals surface area contributed by atoms with Crippen molar-refractivity contribution in [2.24, 2.45) is 5.92 Å². The average Bonchev–Trinajstić information content (AvgIpc) is 3.31. The zero-order chi connectivity index (χ0) is 24.6. The zero-order valence-electron chi connectivity index (χ0n) is 20.1. The van der Waals surface area contributed by atoms with Gasteiger partial charge in [0, 0.05) is 31.9 Å². The summed E-state index contributed by atoms with van der Waals surface area (Å²) in [6, 6.07) is 7.55. The lowest BCUT2D eigenvalue weighted by atomic mass is 10.0. The van der Waals surface area contributed by atoms with Crippen LogP contribution >= 0.6 is 0 Å². The van der Waals surface area contributed by atoms with Gasteiger partial charge in [-0.15, -0.1) is 0 Å². The molecule has 5 rings (SSSR count). The molecule has 10 heteroatoms. The van der Waals surface area contributed by atoms with E-state index < -0.39 is 9.84 Å². The summed E-state index contributed by atoms with van der Waals surface area (Å²) in [6.07, 6.45) is 5.28. The van der Waals surface area contributed by atoms with Gasteiger partial charge in [0.1, 0.15) is 24.2 Å². The van der Waals surface area contributed by atoms with Gasteiger partial charge in [-0.2, -0.15) is 0 Å². The molecule has 0 N–H and O–H groups in total. The number of anilines is 2. The second-order valence-electron chi connectivity index (χ2n) is 9.44. The third-order valence-electron chi connectivity index (χ3n) is 6.74. The van der Waals surface area contributed by atoms with Crippen molar-refractivity contribution in [2.75, 3.05) is 50.6 Å². The number of carbonyl (C=O) groups is 1. The van der Waals surface area contributed by atoms with Crippen molar-refractivity contribution in [2.45, 2.75) is 37.3 Å². The van der Waals surface area contributed by atoms with Crippen molar-refractivity contribution in [3.05, 3.63) is 36.0 Å². The van der Waals surface area contributed by atoms with Crippen LogP contribution in [0.1, 0.15) is 24.8 Å². The zero-order valence-corrected chi connectivity index (χ0v) is 20.9. The summed E-state index contributed by atoms with van der Waals surface area (Å²) >= 11 is 0. The molecule has 0 radical (unpaired) electrons. The average molecular weight is 502 g/mol. The summed E-state index contributed by atoms with van der Waals surface area (Å²) in [5.74, 6) is 1.57. The van der Waals surface area contributed by atoms with Crippen molar-refractivity contribution in [1.29, 1.82) is 0 Å². The van der Waals surface area contributed by atoms with Gasteiger partial charge < -0.3 is 24.0 Å². The number of fused-ring (bicyclic) bond motifs is 1. The number of amides is 1. The van der Waals surface area contributed by atoms with Crippen molar-refractivity contribution >= 4 is 27.1 Å². The van der Waals surface area contributed by atoms with Gasteiger partial charge in [0.25, 0.3) is 0 Å². The van der Waals surface area contributed by atoms with Crippen molar-refractivity contribution < 1.29 is 27.4 Å². The molecule has 2 saturated heterocycles. The van der Waals surface area contributed by atoms with Crippen LogP contribution in [0.3, 0.4) is 0 Å². The molecule has 188 valence electrons. The van der Waals surface area contributed by atoms with E-state index in [4.69, 9.17) is 14.2 Å². The second kappa shape index (κ2) is 9.66. The van der Waals surface area contributed by atoms with Gasteiger partial charge in [0.05, 0.1) is 43.2 Å². The van der Waals surface area contributed by atoms with Crippen LogP contribution in [-0.2, 0) is 19.4 Å². The first-order chi connectivity index (χ1) is 16.8. The number of rotatable bonds is 5. The Bertz CT molecular complexity index is 1210. The normalized spacial score (nSPS) is 22.5. The SMILES string of the molecule is Cc1cc(N2CCOc3ccc(OC4CCN(C(=O)C5CCCOC5)C4)cc32)cnc1S(C)(=O)=O. The smallest absolute Gasteiger partial charge is 0.228 e. The number of hydrogen-bond donors (Lipinski definition) is 0. The molecular formula is C25H31N3O6S. The van der Waals surface area contributed by atoms with Gasteiger partial charge in [-0.25, -0.2) is 13.4 Å². The Kier molecular flexibility index (Phi) is 6.59. The van der Waals surface area contributed by atoms with Crippen LogP contribution in [0, 0.1) is 12.8 Å². The molecule has 2 aromatic rings. The van der Waals surface area contributed by atoms with E-state index >= 15 is 0 Å². The standard InChI is InChI=1S/C25H31N3O6S/c1-17-12-19(14-26-24(17)35(2,30)31)28-9-11-33-23-6-5-20(13-22(23)28)34-21-7-8-27(15-21)25(29)18-4-3-10-32-16-18/h5-6,12-14,18,21H,3-4,7-11,15-16H2,1-2H3. The fraction of sp³-hybridized carbons (Fsp3) is 0.520. The van der Waals surface area contributed by atoms with Crippen molar-refractivity contribution in [3.8, 4) is 11.5 Å². The molecule has 9 nitrogen and oxygen atoms in total. The first-order valence-electron chi connectivity index (χ1n) is 12.0. The minimum Gasteiger partial charge on any atom is -0.490 e. The van der Waals surface area contributed by atoms with Gasteiger partial charge in [-0.3, -0.25) is 4.79 Å². The Hall–Kier alpha value is -2.85. The van der Waals surface area contributed by atoms with Gasteiger partial charge in [0.15, 0.2) is 14.9 Å². The molecule has 3 aliphatic rings. The van der Waals surface area contributed by atoms with Gasteiger partial charge in [-0.1, -0.05) is 0 Å². The summed E-state index contributed by atoms with van der Waals surface area (Å²) in [6.45, 7) is 5.38. The molecule has 2 unspecified atom stereocenters. The highest BCUT2D eigenvalue weighted by Gasteiger charge is 2.33.